The highest BCUT2D eigenvalue weighted by Crippen LogP contribution is 1.63. The van der Waals surface area contributed by atoms with Gasteiger partial charge in [-0.1, -0.05) is 0 Å². The van der Waals surface area contributed by atoms with Gasteiger partial charge >= 0.3 is 0 Å². The summed E-state index contributed by atoms with van der Waals surface area (Å²) < 4.78 is 24.1. The summed E-state index contributed by atoms with van der Waals surface area (Å²) in [7, 11) is 0. The minimum Gasteiger partial charge on any atom is -0.750 e. The lowest BCUT2D eigenvalue weighted by Crippen LogP contribution is -1.75. The minimum atomic E-state index is -2.86. The van der Waals surface area contributed by atoms with Gasteiger partial charge in [-0.15, -0.1) is 17.0 Å². The molecule has 15 heavy (non-hydrogen) atoms. The summed E-state index contributed by atoms with van der Waals surface area (Å²) >= 11 is -2.86. The molecule has 0 fully saturated rings. The van der Waals surface area contributed by atoms with Crippen molar-refractivity contribution in [3.8, 4) is 0 Å². The van der Waals surface area contributed by atoms with Gasteiger partial charge in [-0.3, -0.25) is 0 Å². The van der Waals surface area contributed by atoms with Gasteiger partial charge in [0.15, 0.2) is 0 Å². The van der Waals surface area contributed by atoms with Crippen LogP contribution in [0.4, 0.5) is 0 Å². The van der Waals surface area contributed by atoms with Gasteiger partial charge in [-0.2, -0.15) is 0 Å². The summed E-state index contributed by atoms with van der Waals surface area (Å²) in [6.07, 6.45) is 10.2. The molecule has 0 saturated heterocycles. The van der Waals surface area contributed by atoms with Crippen molar-refractivity contribution < 1.29 is 13.3 Å². The number of halogens is 1. The Kier molecular flexibility index (Phi) is 14.2. The average Bonchev–Trinajstić information content (AvgIpc) is 2.83. The van der Waals surface area contributed by atoms with Crippen LogP contribution in [0.5, 0.6) is 0 Å². The molecule has 2 rings (SSSR count). The zero-order chi connectivity index (χ0) is 10.6. The topological polar surface area (TPSA) is 118 Å². The van der Waals surface area contributed by atoms with E-state index in [0.717, 1.165) is 0 Å². The van der Waals surface area contributed by atoms with Crippen LogP contribution in [0.25, 0.3) is 0 Å². The Bertz CT molecular complexity index is 237. The van der Waals surface area contributed by atoms with E-state index in [-0.39, 0.29) is 17.0 Å². The van der Waals surface area contributed by atoms with Gasteiger partial charge in [0.2, 0.25) is 0 Å². The van der Waals surface area contributed by atoms with E-state index in [4.69, 9.17) is 13.3 Å². The first kappa shape index (κ1) is 16.4. The Hall–Kier alpha value is -1.03. The summed E-state index contributed by atoms with van der Waals surface area (Å²) in [6, 6.07) is 0. The second-order valence-electron chi connectivity index (χ2n) is 1.74. The van der Waals surface area contributed by atoms with Crippen molar-refractivity contribution in [1.82, 2.24) is 19.9 Å². The molecule has 9 heteroatoms. The lowest BCUT2D eigenvalue weighted by Gasteiger charge is -1.83. The largest absolute Gasteiger partial charge is 0.750 e. The number of H-pyrrole nitrogens is 2. The molecule has 0 aliphatic heterocycles. The fourth-order valence-corrected chi connectivity index (χ4v) is 0.430. The maximum atomic E-state index is 8.56. The molecule has 2 aromatic rings. The summed E-state index contributed by atoms with van der Waals surface area (Å²) in [6.45, 7) is 0. The number of aromatic amines is 2. The van der Waals surface area contributed by atoms with Gasteiger partial charge in [-0.25, -0.2) is 14.2 Å². The summed E-state index contributed by atoms with van der Waals surface area (Å²) in [5.74, 6) is 0. The lowest BCUT2D eigenvalue weighted by molar-refractivity contribution is 0.436. The van der Waals surface area contributed by atoms with E-state index in [1.165, 1.54) is 0 Å². The van der Waals surface area contributed by atoms with Crippen LogP contribution in [0.3, 0.4) is 0 Å². The molecule has 1 unspecified atom stereocenters. The second kappa shape index (κ2) is 13.0. The molecular weight excluding hydrogens is 288 g/mol. The highest BCUT2D eigenvalue weighted by Gasteiger charge is 1.56. The number of aromatic nitrogens is 4. The summed E-state index contributed by atoms with van der Waals surface area (Å²) in [4.78, 5) is 12.8. The zero-order valence-electron chi connectivity index (χ0n) is 7.44. The van der Waals surface area contributed by atoms with E-state index in [0.29, 0.717) is 0 Å². The molecule has 2 aromatic heterocycles. The quantitative estimate of drug-likeness (QED) is 0.620. The van der Waals surface area contributed by atoms with Crippen LogP contribution in [0.2, 0.25) is 0 Å². The standard InChI is InChI=1S/2C3H4N2.BrH.H2O3S/c2*1-2-5-3-4-1;;1-4(2)3/h2*1-3H,(H,4,5);1H;(H2,1,2,3)/p-1. The van der Waals surface area contributed by atoms with E-state index in [1.807, 2.05) is 0 Å². The predicted molar refractivity (Wildman–Crippen MR) is 59.0 cm³/mol. The van der Waals surface area contributed by atoms with Gasteiger partial charge in [0.25, 0.3) is 0 Å². The number of nitrogens with one attached hydrogen (secondary N) is 2. The van der Waals surface area contributed by atoms with Crippen LogP contribution < -0.4 is 0 Å². The second-order valence-corrected chi connectivity index (χ2v) is 2.17. The SMILES string of the molecule is Br.O=S([O-])O.c1c[nH]cn1.c1c[nH]cn1. The van der Waals surface area contributed by atoms with Crippen LogP contribution in [0.1, 0.15) is 0 Å². The Morgan fingerprint density at radius 2 is 1.47 bits per heavy atom. The molecule has 0 bridgehead atoms. The number of hydrogen-bond acceptors (Lipinski definition) is 4. The van der Waals surface area contributed by atoms with Crippen LogP contribution in [0, 0.1) is 0 Å². The van der Waals surface area contributed by atoms with Crippen LogP contribution in [-0.4, -0.2) is 33.3 Å². The molecule has 0 radical (unpaired) electrons. The van der Waals surface area contributed by atoms with Crippen molar-refractivity contribution >= 4 is 28.3 Å². The van der Waals surface area contributed by atoms with Gasteiger partial charge in [0, 0.05) is 24.8 Å². The molecule has 86 valence electrons. The highest BCUT2D eigenvalue weighted by molar-refractivity contribution is 8.93. The molecule has 0 aliphatic rings. The van der Waals surface area contributed by atoms with E-state index in [2.05, 4.69) is 19.9 Å². The molecule has 7 nitrogen and oxygen atoms in total. The van der Waals surface area contributed by atoms with Crippen LogP contribution in [-0.2, 0) is 11.4 Å². The van der Waals surface area contributed by atoms with Crippen molar-refractivity contribution in [3.63, 3.8) is 0 Å². The molecule has 3 N–H and O–H groups in total. The Morgan fingerprint density at radius 3 is 1.53 bits per heavy atom. The molecule has 0 amide bonds. The first-order valence-electron chi connectivity index (χ1n) is 3.37. The number of nitrogens with zero attached hydrogens (tertiary/aromatic N) is 2. The molecule has 0 saturated carbocycles. The summed E-state index contributed by atoms with van der Waals surface area (Å²) in [5.41, 5.74) is 0. The average molecular weight is 298 g/mol. The Morgan fingerprint density at radius 1 is 1.13 bits per heavy atom. The predicted octanol–water partition coefficient (Wildman–Crippen LogP) is 0.736. The highest BCUT2D eigenvalue weighted by atomic mass is 79.9. The Balaban J connectivity index is 0. The van der Waals surface area contributed by atoms with Gasteiger partial charge in [0.05, 0.1) is 24.0 Å². The van der Waals surface area contributed by atoms with Crippen molar-refractivity contribution in [2.75, 3.05) is 0 Å². The molecule has 0 aliphatic carbocycles. The molecule has 2 heterocycles. The van der Waals surface area contributed by atoms with Gasteiger partial charge in [-0.05, 0) is 0 Å². The minimum absolute atomic E-state index is 0. The smallest absolute Gasteiger partial charge is 0.0919 e. The van der Waals surface area contributed by atoms with E-state index >= 15 is 0 Å². The first-order valence-corrected chi connectivity index (χ1v) is 4.40. The normalized spacial score (nSPS) is 9.47. The third-order valence-corrected chi connectivity index (χ3v) is 0.812. The number of hydrogen-bond donors (Lipinski definition) is 3. The first-order chi connectivity index (χ1) is 6.73. The molecular formula is C6H10BrN4O3S-. The van der Waals surface area contributed by atoms with Crippen LogP contribution >= 0.6 is 17.0 Å². The van der Waals surface area contributed by atoms with Crippen molar-refractivity contribution in [2.45, 2.75) is 0 Å². The lowest BCUT2D eigenvalue weighted by atomic mass is 11.0. The van der Waals surface area contributed by atoms with Crippen molar-refractivity contribution in [2.24, 2.45) is 0 Å². The fourth-order valence-electron chi connectivity index (χ4n) is 0.430. The van der Waals surface area contributed by atoms with Gasteiger partial charge < -0.3 is 19.1 Å². The van der Waals surface area contributed by atoms with Crippen molar-refractivity contribution in [1.29, 1.82) is 0 Å². The Labute approximate surface area is 99.3 Å². The van der Waals surface area contributed by atoms with Gasteiger partial charge in [0.1, 0.15) is 0 Å². The summed E-state index contributed by atoms with van der Waals surface area (Å²) in [5, 5.41) is 0. The van der Waals surface area contributed by atoms with Crippen LogP contribution in [0.15, 0.2) is 37.4 Å². The van der Waals surface area contributed by atoms with Crippen molar-refractivity contribution in [3.05, 3.63) is 37.4 Å². The van der Waals surface area contributed by atoms with E-state index < -0.39 is 11.4 Å². The third-order valence-electron chi connectivity index (χ3n) is 0.812. The number of imidazole rings is 2. The molecule has 0 spiro atoms. The number of rotatable bonds is 0. The monoisotopic (exact) mass is 297 g/mol. The van der Waals surface area contributed by atoms with E-state index in [9.17, 15) is 0 Å². The third kappa shape index (κ3) is 19.4. The maximum absolute atomic E-state index is 8.56. The fraction of sp³-hybridized carbons (Fsp3) is 0. The maximum Gasteiger partial charge on any atom is 0.0919 e. The molecule has 0 aromatic carbocycles. The zero-order valence-corrected chi connectivity index (χ0v) is 9.97. The molecule has 1 atom stereocenters. The van der Waals surface area contributed by atoms with E-state index in [1.54, 1.807) is 37.4 Å².